The number of hydrogen-bond donors (Lipinski definition) is 3. The number of carbonyl (C=O) groups excluding carboxylic acids is 3. The standard InChI is InChI=1S/C15H25N3O4/c1-22-14(20)9-12-15(21)16-7-8-18(12)10-13(19)17-11-5-3-2-4-6-11/h11-12H,2-10H2,1H3,(H,16,21)(H,17,19)/p+1/t12-/m1/s1. The van der Waals surface area contributed by atoms with Crippen molar-refractivity contribution in [1.29, 1.82) is 0 Å². The van der Waals surface area contributed by atoms with Crippen molar-refractivity contribution in [2.45, 2.75) is 50.6 Å². The van der Waals surface area contributed by atoms with Crippen molar-refractivity contribution in [3.63, 3.8) is 0 Å². The number of hydrogen-bond acceptors (Lipinski definition) is 4. The summed E-state index contributed by atoms with van der Waals surface area (Å²) in [6.07, 6.45) is 5.64. The molecule has 1 aliphatic carbocycles. The third-order valence-corrected chi connectivity index (χ3v) is 4.51. The van der Waals surface area contributed by atoms with Crippen LogP contribution in [0.1, 0.15) is 38.5 Å². The first kappa shape index (κ1) is 16.7. The molecule has 0 spiro atoms. The van der Waals surface area contributed by atoms with Crippen LogP contribution in [-0.2, 0) is 19.1 Å². The van der Waals surface area contributed by atoms with E-state index in [1.165, 1.54) is 13.5 Å². The van der Waals surface area contributed by atoms with Crippen LogP contribution in [0.4, 0.5) is 0 Å². The lowest BCUT2D eigenvalue weighted by Crippen LogP contribution is -3.20. The SMILES string of the molecule is COC(=O)C[C@@H]1C(=O)NCC[NH+]1CC(=O)NC1CCCCC1. The molecule has 124 valence electrons. The fraction of sp³-hybridized carbons (Fsp3) is 0.800. The van der Waals surface area contributed by atoms with Gasteiger partial charge in [-0.25, -0.2) is 0 Å². The van der Waals surface area contributed by atoms with Crippen LogP contribution < -0.4 is 15.5 Å². The van der Waals surface area contributed by atoms with Crippen LogP contribution in [0.5, 0.6) is 0 Å². The molecule has 0 bridgehead atoms. The fourth-order valence-corrected chi connectivity index (χ4v) is 3.26. The topological polar surface area (TPSA) is 88.9 Å². The number of methoxy groups -OCH3 is 1. The number of quaternary nitrogens is 1. The lowest BCUT2D eigenvalue weighted by molar-refractivity contribution is -0.909. The third-order valence-electron chi connectivity index (χ3n) is 4.51. The van der Waals surface area contributed by atoms with Crippen molar-refractivity contribution in [2.75, 3.05) is 26.7 Å². The molecular formula is C15H26N3O4+. The van der Waals surface area contributed by atoms with E-state index in [4.69, 9.17) is 0 Å². The second-order valence-electron chi connectivity index (χ2n) is 6.11. The average Bonchev–Trinajstić information content (AvgIpc) is 2.51. The smallest absolute Gasteiger partial charge is 0.312 e. The van der Waals surface area contributed by atoms with Gasteiger partial charge in [-0.2, -0.15) is 0 Å². The lowest BCUT2D eigenvalue weighted by atomic mass is 9.95. The van der Waals surface area contributed by atoms with Crippen LogP contribution in [0.3, 0.4) is 0 Å². The zero-order chi connectivity index (χ0) is 15.9. The van der Waals surface area contributed by atoms with Crippen LogP contribution in [0.25, 0.3) is 0 Å². The van der Waals surface area contributed by atoms with Crippen LogP contribution in [-0.4, -0.2) is 56.6 Å². The van der Waals surface area contributed by atoms with Gasteiger partial charge in [-0.1, -0.05) is 19.3 Å². The molecule has 1 heterocycles. The van der Waals surface area contributed by atoms with Crippen LogP contribution >= 0.6 is 0 Å². The molecule has 3 N–H and O–H groups in total. The van der Waals surface area contributed by atoms with E-state index in [0.717, 1.165) is 30.6 Å². The van der Waals surface area contributed by atoms with Crippen molar-refractivity contribution in [3.05, 3.63) is 0 Å². The number of carbonyl (C=O) groups is 3. The van der Waals surface area contributed by atoms with Crippen LogP contribution in [0.2, 0.25) is 0 Å². The van der Waals surface area contributed by atoms with Crippen molar-refractivity contribution < 1.29 is 24.0 Å². The summed E-state index contributed by atoms with van der Waals surface area (Å²) in [6.45, 7) is 1.40. The van der Waals surface area contributed by atoms with E-state index in [-0.39, 0.29) is 30.8 Å². The molecule has 22 heavy (non-hydrogen) atoms. The number of amides is 2. The molecule has 1 saturated heterocycles. The highest BCUT2D eigenvalue weighted by Gasteiger charge is 2.37. The van der Waals surface area contributed by atoms with E-state index in [1.807, 2.05) is 0 Å². The molecule has 2 amide bonds. The van der Waals surface area contributed by atoms with Crippen LogP contribution in [0.15, 0.2) is 0 Å². The molecule has 2 aliphatic rings. The van der Waals surface area contributed by atoms with Gasteiger partial charge in [0.2, 0.25) is 0 Å². The predicted octanol–water partition coefficient (Wildman–Crippen LogP) is -1.62. The average molecular weight is 312 g/mol. The van der Waals surface area contributed by atoms with Gasteiger partial charge in [0.05, 0.1) is 20.2 Å². The van der Waals surface area contributed by atoms with Crippen molar-refractivity contribution in [1.82, 2.24) is 10.6 Å². The fourth-order valence-electron chi connectivity index (χ4n) is 3.26. The minimum Gasteiger partial charge on any atom is -0.469 e. The number of esters is 1. The molecule has 0 radical (unpaired) electrons. The predicted molar refractivity (Wildman–Crippen MR) is 79.1 cm³/mol. The largest absolute Gasteiger partial charge is 0.469 e. The highest BCUT2D eigenvalue weighted by molar-refractivity contribution is 5.86. The van der Waals surface area contributed by atoms with E-state index >= 15 is 0 Å². The molecular weight excluding hydrogens is 286 g/mol. The Morgan fingerprint density at radius 3 is 2.73 bits per heavy atom. The highest BCUT2D eigenvalue weighted by atomic mass is 16.5. The molecule has 0 aromatic heterocycles. The summed E-state index contributed by atoms with van der Waals surface area (Å²) in [7, 11) is 1.30. The first-order chi connectivity index (χ1) is 10.6. The minimum absolute atomic E-state index is 0.00831. The summed E-state index contributed by atoms with van der Waals surface area (Å²) in [5.74, 6) is -0.643. The Morgan fingerprint density at radius 2 is 2.05 bits per heavy atom. The quantitative estimate of drug-likeness (QED) is 0.533. The molecule has 7 nitrogen and oxygen atoms in total. The Bertz CT molecular complexity index is 421. The van der Waals surface area contributed by atoms with Gasteiger partial charge in [-0.05, 0) is 12.8 Å². The Hall–Kier alpha value is -1.63. The molecule has 2 atom stereocenters. The molecule has 2 fully saturated rings. The molecule has 1 saturated carbocycles. The Kier molecular flexibility index (Phi) is 6.18. The maximum Gasteiger partial charge on any atom is 0.312 e. The van der Waals surface area contributed by atoms with Gasteiger partial charge in [-0.3, -0.25) is 14.4 Å². The van der Waals surface area contributed by atoms with Gasteiger partial charge in [0.15, 0.2) is 12.6 Å². The van der Waals surface area contributed by atoms with Crippen molar-refractivity contribution in [3.8, 4) is 0 Å². The molecule has 1 aliphatic heterocycles. The van der Waals surface area contributed by atoms with Gasteiger partial charge >= 0.3 is 5.97 Å². The Balaban J connectivity index is 1.88. The zero-order valence-corrected chi connectivity index (χ0v) is 13.2. The molecule has 0 aromatic carbocycles. The minimum atomic E-state index is -0.543. The summed E-state index contributed by atoms with van der Waals surface area (Å²) < 4.78 is 4.64. The number of rotatable bonds is 5. The second kappa shape index (κ2) is 8.12. The number of nitrogens with one attached hydrogen (secondary N) is 3. The summed E-state index contributed by atoms with van der Waals surface area (Å²) in [4.78, 5) is 36.5. The van der Waals surface area contributed by atoms with Gasteiger partial charge in [-0.15, -0.1) is 0 Å². The van der Waals surface area contributed by atoms with E-state index in [9.17, 15) is 14.4 Å². The molecule has 0 aromatic rings. The van der Waals surface area contributed by atoms with E-state index < -0.39 is 12.0 Å². The number of ether oxygens (including phenoxy) is 1. The zero-order valence-electron chi connectivity index (χ0n) is 13.2. The van der Waals surface area contributed by atoms with E-state index in [2.05, 4.69) is 15.4 Å². The van der Waals surface area contributed by atoms with Gasteiger partial charge < -0.3 is 20.3 Å². The second-order valence-corrected chi connectivity index (χ2v) is 6.11. The first-order valence-electron chi connectivity index (χ1n) is 8.08. The summed E-state index contributed by atoms with van der Waals surface area (Å²) in [6, 6.07) is -0.281. The van der Waals surface area contributed by atoms with Crippen LogP contribution in [0, 0.1) is 0 Å². The van der Waals surface area contributed by atoms with Gasteiger partial charge in [0, 0.05) is 6.04 Å². The van der Waals surface area contributed by atoms with Gasteiger partial charge in [0.25, 0.3) is 11.8 Å². The lowest BCUT2D eigenvalue weighted by Gasteiger charge is -2.31. The molecule has 2 rings (SSSR count). The number of piperazine rings is 1. The van der Waals surface area contributed by atoms with Crippen molar-refractivity contribution >= 4 is 17.8 Å². The van der Waals surface area contributed by atoms with Crippen molar-refractivity contribution in [2.24, 2.45) is 0 Å². The summed E-state index contributed by atoms with van der Waals surface area (Å²) in [5, 5.41) is 5.81. The van der Waals surface area contributed by atoms with Gasteiger partial charge in [0.1, 0.15) is 6.42 Å². The summed E-state index contributed by atoms with van der Waals surface area (Å²) >= 11 is 0. The Labute approximate surface area is 130 Å². The first-order valence-corrected chi connectivity index (χ1v) is 8.08. The van der Waals surface area contributed by atoms with E-state index in [1.54, 1.807) is 0 Å². The Morgan fingerprint density at radius 1 is 1.32 bits per heavy atom. The maximum atomic E-state index is 12.2. The third kappa shape index (κ3) is 4.69. The maximum absolute atomic E-state index is 12.2. The van der Waals surface area contributed by atoms with E-state index in [0.29, 0.717) is 13.1 Å². The highest BCUT2D eigenvalue weighted by Crippen LogP contribution is 2.17. The monoisotopic (exact) mass is 312 g/mol. The summed E-state index contributed by atoms with van der Waals surface area (Å²) in [5.41, 5.74) is 0. The molecule has 1 unspecified atom stereocenters. The normalized spacial score (nSPS) is 26.1. The molecule has 7 heteroatoms.